The molecule has 0 saturated carbocycles. The van der Waals surface area contributed by atoms with Gasteiger partial charge in [0.2, 0.25) is 0 Å². The third-order valence-electron chi connectivity index (χ3n) is 3.31. The molecule has 4 heteroatoms. The minimum Gasteiger partial charge on any atom is -0.393 e. The van der Waals surface area contributed by atoms with Crippen LogP contribution in [0.25, 0.3) is 0 Å². The Morgan fingerprint density at radius 2 is 2.06 bits per heavy atom. The van der Waals surface area contributed by atoms with Crippen LogP contribution in [0.5, 0.6) is 0 Å². The van der Waals surface area contributed by atoms with Crippen LogP contribution in [0.3, 0.4) is 0 Å². The molecule has 0 unspecified atom stereocenters. The summed E-state index contributed by atoms with van der Waals surface area (Å²) >= 11 is 0. The van der Waals surface area contributed by atoms with Crippen molar-refractivity contribution in [3.63, 3.8) is 0 Å². The smallest absolute Gasteiger partial charge is 0.124 e. The Morgan fingerprint density at radius 3 is 2.65 bits per heavy atom. The van der Waals surface area contributed by atoms with Crippen LogP contribution >= 0.6 is 0 Å². The minimum atomic E-state index is -0.184. The Labute approximate surface area is 102 Å². The van der Waals surface area contributed by atoms with Crippen LogP contribution in [-0.2, 0) is 0 Å². The first-order valence-corrected chi connectivity index (χ1v) is 5.96. The molecule has 4 N–H and O–H groups in total. The average Bonchev–Trinajstić information content (AvgIpc) is 2.30. The number of hydrogen-bond donors (Lipinski definition) is 3. The Bertz CT molecular complexity index is 423. The van der Waals surface area contributed by atoms with Crippen molar-refractivity contribution < 1.29 is 5.11 Å². The number of nitrogens with zero attached hydrogens (tertiary/aromatic N) is 1. The van der Waals surface area contributed by atoms with Crippen LogP contribution in [0.2, 0.25) is 0 Å². The minimum absolute atomic E-state index is 0.106. The summed E-state index contributed by atoms with van der Waals surface area (Å²) in [5, 5.41) is 17.2. The summed E-state index contributed by atoms with van der Waals surface area (Å²) in [6.07, 6.45) is 1.38. The lowest BCUT2D eigenvalue weighted by atomic mass is 10.0. The van der Waals surface area contributed by atoms with Crippen LogP contribution < -0.4 is 10.6 Å². The molecular formula is C13H19N3O. The van der Waals surface area contributed by atoms with E-state index in [2.05, 4.69) is 4.90 Å². The summed E-state index contributed by atoms with van der Waals surface area (Å²) in [5.74, 6) is 0.106. The molecule has 0 amide bonds. The van der Waals surface area contributed by atoms with Gasteiger partial charge in [0, 0.05) is 18.7 Å². The normalized spacial score (nSPS) is 17.2. The standard InChI is InChI=1S/C13H19N3O/c1-9-3-2-4-11(13(14)15)12(9)16-7-5-10(17)6-8-16/h2-4,10,17H,5-8H2,1H3,(H3,14,15). The van der Waals surface area contributed by atoms with E-state index in [4.69, 9.17) is 11.1 Å². The van der Waals surface area contributed by atoms with Gasteiger partial charge in [0.05, 0.1) is 11.8 Å². The van der Waals surface area contributed by atoms with E-state index >= 15 is 0 Å². The molecule has 1 heterocycles. The van der Waals surface area contributed by atoms with Crippen molar-refractivity contribution in [2.75, 3.05) is 18.0 Å². The van der Waals surface area contributed by atoms with Gasteiger partial charge in [0.25, 0.3) is 0 Å². The monoisotopic (exact) mass is 233 g/mol. The van der Waals surface area contributed by atoms with Gasteiger partial charge >= 0.3 is 0 Å². The lowest BCUT2D eigenvalue weighted by Gasteiger charge is -2.33. The van der Waals surface area contributed by atoms with Gasteiger partial charge in [0.1, 0.15) is 5.84 Å². The lowest BCUT2D eigenvalue weighted by Crippen LogP contribution is -2.37. The highest BCUT2D eigenvalue weighted by atomic mass is 16.3. The fraction of sp³-hybridized carbons (Fsp3) is 0.462. The van der Waals surface area contributed by atoms with Gasteiger partial charge in [-0.1, -0.05) is 12.1 Å². The molecule has 0 spiro atoms. The van der Waals surface area contributed by atoms with E-state index in [1.165, 1.54) is 0 Å². The molecule has 1 aromatic rings. The lowest BCUT2D eigenvalue weighted by molar-refractivity contribution is 0.145. The largest absolute Gasteiger partial charge is 0.393 e. The number of anilines is 1. The molecule has 1 aliphatic rings. The zero-order chi connectivity index (χ0) is 12.4. The van der Waals surface area contributed by atoms with Crippen LogP contribution in [0.4, 0.5) is 5.69 Å². The zero-order valence-electron chi connectivity index (χ0n) is 10.1. The predicted octanol–water partition coefficient (Wildman–Crippen LogP) is 1.24. The van der Waals surface area contributed by atoms with E-state index in [1.807, 2.05) is 25.1 Å². The van der Waals surface area contributed by atoms with Crippen molar-refractivity contribution in [3.8, 4) is 0 Å². The Hall–Kier alpha value is -1.55. The molecule has 0 atom stereocenters. The summed E-state index contributed by atoms with van der Waals surface area (Å²) < 4.78 is 0. The SMILES string of the molecule is Cc1cccc(C(=N)N)c1N1CCC(O)CC1. The zero-order valence-corrected chi connectivity index (χ0v) is 10.1. The molecule has 4 nitrogen and oxygen atoms in total. The average molecular weight is 233 g/mol. The number of rotatable bonds is 2. The first-order chi connectivity index (χ1) is 8.09. The number of nitrogens with one attached hydrogen (secondary N) is 1. The molecule has 92 valence electrons. The second kappa shape index (κ2) is 4.75. The molecule has 1 saturated heterocycles. The molecule has 0 bridgehead atoms. The highest BCUT2D eigenvalue weighted by molar-refractivity contribution is 6.01. The van der Waals surface area contributed by atoms with Crippen LogP contribution in [0.1, 0.15) is 24.0 Å². The van der Waals surface area contributed by atoms with Crippen molar-refractivity contribution >= 4 is 11.5 Å². The first kappa shape index (κ1) is 11.9. The van der Waals surface area contributed by atoms with Gasteiger partial charge in [-0.3, -0.25) is 5.41 Å². The van der Waals surface area contributed by atoms with Gasteiger partial charge in [-0.2, -0.15) is 0 Å². The number of aliphatic hydroxyl groups is 1. The molecule has 17 heavy (non-hydrogen) atoms. The summed E-state index contributed by atoms with van der Waals surface area (Å²) in [7, 11) is 0. The van der Waals surface area contributed by atoms with Crippen molar-refractivity contribution in [2.24, 2.45) is 5.73 Å². The maximum Gasteiger partial charge on any atom is 0.124 e. The van der Waals surface area contributed by atoms with Gasteiger partial charge < -0.3 is 15.7 Å². The molecule has 1 aromatic carbocycles. The molecule has 2 rings (SSSR count). The van der Waals surface area contributed by atoms with Crippen molar-refractivity contribution in [1.82, 2.24) is 0 Å². The summed E-state index contributed by atoms with van der Waals surface area (Å²) in [6.45, 7) is 3.69. The number of nitrogen functional groups attached to an aromatic ring is 1. The quantitative estimate of drug-likeness (QED) is 0.531. The molecule has 0 aliphatic carbocycles. The molecule has 1 fully saturated rings. The van der Waals surface area contributed by atoms with Crippen molar-refractivity contribution in [1.29, 1.82) is 5.41 Å². The Morgan fingerprint density at radius 1 is 1.41 bits per heavy atom. The number of aliphatic hydroxyl groups excluding tert-OH is 1. The number of nitrogens with two attached hydrogens (primary N) is 1. The molecular weight excluding hydrogens is 214 g/mol. The molecule has 1 aliphatic heterocycles. The number of para-hydroxylation sites is 1. The van der Waals surface area contributed by atoms with E-state index in [0.29, 0.717) is 0 Å². The second-order valence-corrected chi connectivity index (χ2v) is 4.60. The number of piperidine rings is 1. The summed E-state index contributed by atoms with van der Waals surface area (Å²) in [6, 6.07) is 5.84. The predicted molar refractivity (Wildman–Crippen MR) is 69.6 cm³/mol. The fourth-order valence-corrected chi connectivity index (χ4v) is 2.39. The van der Waals surface area contributed by atoms with Crippen molar-refractivity contribution in [3.05, 3.63) is 29.3 Å². The topological polar surface area (TPSA) is 73.3 Å². The van der Waals surface area contributed by atoms with E-state index in [-0.39, 0.29) is 11.9 Å². The number of hydrogen-bond acceptors (Lipinski definition) is 3. The third kappa shape index (κ3) is 2.42. The maximum atomic E-state index is 9.53. The molecule has 0 radical (unpaired) electrons. The number of amidine groups is 1. The van der Waals surface area contributed by atoms with Crippen LogP contribution in [0, 0.1) is 12.3 Å². The van der Waals surface area contributed by atoms with Crippen LogP contribution in [-0.4, -0.2) is 30.1 Å². The van der Waals surface area contributed by atoms with E-state index in [0.717, 1.165) is 42.7 Å². The summed E-state index contributed by atoms with van der Waals surface area (Å²) in [4.78, 5) is 2.22. The Kier molecular flexibility index (Phi) is 3.33. The van der Waals surface area contributed by atoms with E-state index in [1.54, 1.807) is 0 Å². The summed E-state index contributed by atoms with van der Waals surface area (Å²) in [5.41, 5.74) is 8.60. The number of aryl methyl sites for hydroxylation is 1. The van der Waals surface area contributed by atoms with Gasteiger partial charge in [-0.15, -0.1) is 0 Å². The first-order valence-electron chi connectivity index (χ1n) is 5.96. The van der Waals surface area contributed by atoms with Crippen LogP contribution in [0.15, 0.2) is 18.2 Å². The fourth-order valence-electron chi connectivity index (χ4n) is 2.39. The van der Waals surface area contributed by atoms with E-state index in [9.17, 15) is 5.11 Å². The highest BCUT2D eigenvalue weighted by Crippen LogP contribution is 2.27. The van der Waals surface area contributed by atoms with Gasteiger partial charge in [-0.25, -0.2) is 0 Å². The highest BCUT2D eigenvalue weighted by Gasteiger charge is 2.21. The van der Waals surface area contributed by atoms with E-state index < -0.39 is 0 Å². The van der Waals surface area contributed by atoms with Gasteiger partial charge in [0.15, 0.2) is 0 Å². The molecule has 0 aromatic heterocycles. The van der Waals surface area contributed by atoms with Crippen molar-refractivity contribution in [2.45, 2.75) is 25.9 Å². The second-order valence-electron chi connectivity index (χ2n) is 4.60. The Balaban J connectivity index is 2.33. The number of benzene rings is 1. The third-order valence-corrected chi connectivity index (χ3v) is 3.31. The maximum absolute atomic E-state index is 9.53. The van der Waals surface area contributed by atoms with Gasteiger partial charge in [-0.05, 0) is 31.4 Å².